The number of carbonyl (C=O) groups is 2. The molecule has 5 aliphatic rings. The molecule has 6 aromatic rings. The molecule has 1 aliphatic carbocycles. The number of anilines is 2. The third-order valence-corrected chi connectivity index (χ3v) is 15.6. The molecule has 1 aromatic carbocycles. The minimum Gasteiger partial charge on any atom is -0.441 e. The van der Waals surface area contributed by atoms with Gasteiger partial charge in [-0.15, -0.1) is 22.7 Å². The van der Waals surface area contributed by atoms with E-state index in [1.54, 1.807) is 57.7 Å². The van der Waals surface area contributed by atoms with Crippen molar-refractivity contribution in [2.24, 2.45) is 0 Å². The zero-order valence-corrected chi connectivity index (χ0v) is 38.3. The van der Waals surface area contributed by atoms with Gasteiger partial charge in [-0.1, -0.05) is 18.2 Å². The van der Waals surface area contributed by atoms with Gasteiger partial charge in [-0.2, -0.15) is 0 Å². The number of aromatic nitrogens is 5. The predicted octanol–water partition coefficient (Wildman–Crippen LogP) is 5.96. The first-order chi connectivity index (χ1) is 31.6. The lowest BCUT2D eigenvalue weighted by atomic mass is 10.1. The molecule has 5 aromatic heterocycles. The summed E-state index contributed by atoms with van der Waals surface area (Å²) in [5.74, 6) is 0. The lowest BCUT2D eigenvalue weighted by molar-refractivity contribution is -0.105. The first-order valence-corrected chi connectivity index (χ1v) is 24.7. The summed E-state index contributed by atoms with van der Waals surface area (Å²) in [6, 6.07) is 14.2. The number of rotatable bonds is 8. The normalized spacial score (nSPS) is 17.8. The van der Waals surface area contributed by atoms with Crippen LogP contribution in [0.15, 0.2) is 76.6 Å². The van der Waals surface area contributed by atoms with Gasteiger partial charge in [0.15, 0.2) is 17.9 Å². The molecule has 4 fully saturated rings. The smallest absolute Gasteiger partial charge is 0.410 e. The van der Waals surface area contributed by atoms with Gasteiger partial charge in [-0.25, -0.2) is 36.9 Å². The average molecular weight is 938 g/mol. The second-order valence-corrected chi connectivity index (χ2v) is 19.8. The van der Waals surface area contributed by atoms with Crippen molar-refractivity contribution >= 4 is 78.9 Å². The van der Waals surface area contributed by atoms with Crippen LogP contribution in [0.4, 0.5) is 21.0 Å². The van der Waals surface area contributed by atoms with Crippen LogP contribution in [0.2, 0.25) is 0 Å². The van der Waals surface area contributed by atoms with Crippen LogP contribution in [-0.2, 0) is 35.4 Å². The molecule has 338 valence electrons. The Labute approximate surface area is 383 Å². The zero-order chi connectivity index (χ0) is 44.7. The van der Waals surface area contributed by atoms with Crippen molar-refractivity contribution < 1.29 is 37.0 Å². The standard InChI is InChI=1S/C25H25N5O5S2.C20H22N4O3S/c1-17-16-36-24(27-17)22-13-20-21(28-9-11-29(12-10-28)25(31)35-18-14-34-15-18)7-8-26-23(20)30(22)37(32,33)19-5-3-2-4-6-19;1-13-12-28-19(22-13)14-8-16-17(9-14)21-3-2-18(16)23-4-6-24(7-5-23)20(25)27-15-10-26-11-15/h2-8,13,16,18H,9-12,14-15H2,1H3;2-3,8,12,15H,4-7,9-11H2,1H3. The number of aryl methyl sites for hydroxylation is 2. The van der Waals surface area contributed by atoms with Crippen LogP contribution in [-0.4, -0.2) is 145 Å². The molecule has 0 saturated carbocycles. The molecule has 9 heterocycles. The minimum atomic E-state index is -3.95. The van der Waals surface area contributed by atoms with Gasteiger partial charge >= 0.3 is 12.2 Å². The van der Waals surface area contributed by atoms with Gasteiger partial charge < -0.3 is 38.5 Å². The second kappa shape index (κ2) is 18.2. The number of nitrogens with zero attached hydrogens (tertiary/aromatic N) is 9. The number of hydrogen-bond donors (Lipinski definition) is 0. The maximum atomic E-state index is 13.9. The third-order valence-electron chi connectivity index (χ3n) is 11.9. The number of piperazine rings is 2. The van der Waals surface area contributed by atoms with E-state index >= 15 is 0 Å². The molecule has 0 bridgehead atoms. The van der Waals surface area contributed by atoms with Gasteiger partial charge in [0.1, 0.15) is 10.0 Å². The fourth-order valence-electron chi connectivity index (χ4n) is 8.28. The summed E-state index contributed by atoms with van der Waals surface area (Å²) in [4.78, 5) is 51.1. The molecule has 0 atom stereocenters. The number of pyridine rings is 2. The molecule has 0 unspecified atom stereocenters. The lowest BCUT2D eigenvalue weighted by Gasteiger charge is -2.37. The molecular weight excluding hydrogens is 891 g/mol. The van der Waals surface area contributed by atoms with Crippen LogP contribution in [0.3, 0.4) is 0 Å². The molecule has 11 rings (SSSR count). The predicted molar refractivity (Wildman–Crippen MR) is 247 cm³/mol. The van der Waals surface area contributed by atoms with Crippen LogP contribution in [0.25, 0.3) is 33.4 Å². The zero-order valence-electron chi connectivity index (χ0n) is 35.9. The van der Waals surface area contributed by atoms with E-state index in [1.165, 1.54) is 32.1 Å². The first kappa shape index (κ1) is 43.0. The van der Waals surface area contributed by atoms with Gasteiger partial charge in [0, 0.05) is 116 Å². The van der Waals surface area contributed by atoms with Crippen LogP contribution in [0.1, 0.15) is 27.7 Å². The molecule has 4 aliphatic heterocycles. The largest absolute Gasteiger partial charge is 0.441 e. The first-order valence-electron chi connectivity index (χ1n) is 21.5. The highest BCUT2D eigenvalue weighted by Crippen LogP contribution is 2.39. The van der Waals surface area contributed by atoms with Crippen LogP contribution in [0, 0.1) is 13.8 Å². The van der Waals surface area contributed by atoms with E-state index in [4.69, 9.17) is 18.9 Å². The summed E-state index contributed by atoms with van der Waals surface area (Å²) >= 11 is 3.08. The van der Waals surface area contributed by atoms with Crippen molar-refractivity contribution in [3.8, 4) is 10.7 Å². The highest BCUT2D eigenvalue weighted by Gasteiger charge is 2.33. The Bertz CT molecular complexity index is 2860. The maximum Gasteiger partial charge on any atom is 0.410 e. The van der Waals surface area contributed by atoms with Gasteiger partial charge in [0.05, 0.1) is 42.7 Å². The number of hydrogen-bond acceptors (Lipinski definition) is 16. The number of thiazole rings is 2. The summed E-state index contributed by atoms with van der Waals surface area (Å²) in [6.45, 7) is 10.9. The Hall–Kier alpha value is -5.93. The number of amides is 2. The summed E-state index contributed by atoms with van der Waals surface area (Å²) < 4.78 is 50.0. The van der Waals surface area contributed by atoms with E-state index < -0.39 is 10.0 Å². The number of allylic oxidation sites excluding steroid dienone is 1. The highest BCUT2D eigenvalue weighted by atomic mass is 32.2. The van der Waals surface area contributed by atoms with Crippen molar-refractivity contribution in [3.05, 3.63) is 99.3 Å². The molecule has 0 spiro atoms. The summed E-state index contributed by atoms with van der Waals surface area (Å²) in [7, 11) is -3.95. The van der Waals surface area contributed by atoms with E-state index in [0.29, 0.717) is 87.4 Å². The topological polar surface area (TPSA) is 175 Å². The Kier molecular flexibility index (Phi) is 12.0. The molecular formula is C45H47N9O8S3. The van der Waals surface area contributed by atoms with E-state index in [9.17, 15) is 18.0 Å². The van der Waals surface area contributed by atoms with Gasteiger partial charge in [-0.3, -0.25) is 4.98 Å². The number of benzene rings is 1. The van der Waals surface area contributed by atoms with E-state index in [-0.39, 0.29) is 29.3 Å². The van der Waals surface area contributed by atoms with Crippen LogP contribution >= 0.6 is 22.7 Å². The molecule has 0 radical (unpaired) electrons. The molecule has 2 amide bonds. The van der Waals surface area contributed by atoms with Crippen LogP contribution < -0.4 is 9.80 Å². The van der Waals surface area contributed by atoms with Crippen LogP contribution in [0.5, 0.6) is 0 Å². The van der Waals surface area contributed by atoms with Crippen molar-refractivity contribution in [2.75, 3.05) is 88.6 Å². The Morgan fingerprint density at radius 2 is 1.26 bits per heavy atom. The van der Waals surface area contributed by atoms with E-state index in [1.807, 2.05) is 37.6 Å². The second-order valence-electron chi connectivity index (χ2n) is 16.3. The van der Waals surface area contributed by atoms with E-state index in [2.05, 4.69) is 47.3 Å². The summed E-state index contributed by atoms with van der Waals surface area (Å²) in [6.07, 6.45) is 5.78. The quantitative estimate of drug-likeness (QED) is 0.175. The number of fused-ring (bicyclic) bond motifs is 2. The fraction of sp³-hybridized carbons (Fsp3) is 0.378. The average Bonchev–Trinajstić information content (AvgIpc) is 4.12. The maximum absolute atomic E-state index is 13.9. The van der Waals surface area contributed by atoms with Gasteiger partial charge in [0.25, 0.3) is 10.0 Å². The summed E-state index contributed by atoms with van der Waals surface area (Å²) in [5, 5.41) is 6.38. The summed E-state index contributed by atoms with van der Waals surface area (Å²) in [5.41, 5.74) is 8.27. The van der Waals surface area contributed by atoms with Gasteiger partial charge in [-0.05, 0) is 55.8 Å². The molecule has 20 heteroatoms. The Morgan fingerprint density at radius 3 is 1.82 bits per heavy atom. The Balaban J connectivity index is 0.000000159. The third kappa shape index (κ3) is 8.80. The molecule has 17 nitrogen and oxygen atoms in total. The van der Waals surface area contributed by atoms with Crippen molar-refractivity contribution in [1.82, 2.24) is 33.7 Å². The van der Waals surface area contributed by atoms with Gasteiger partial charge in [0.2, 0.25) is 0 Å². The number of carbonyl (C=O) groups excluding carboxylic acids is 2. The van der Waals surface area contributed by atoms with Crippen molar-refractivity contribution in [1.29, 1.82) is 0 Å². The van der Waals surface area contributed by atoms with E-state index in [0.717, 1.165) is 47.3 Å². The minimum absolute atomic E-state index is 0.0768. The van der Waals surface area contributed by atoms with Crippen molar-refractivity contribution in [2.45, 2.75) is 37.4 Å². The SMILES string of the molecule is Cc1csc(-c2cc3c(N4CCN(C(=O)OC5COC5)CC4)ccnc3n2S(=O)(=O)c2ccccc2)n1.Cc1csc(C2=Cc3c(N4CCN(C(=O)OC5COC5)CC4)ccnc3C2)n1. The molecule has 0 N–H and O–H groups in total. The monoisotopic (exact) mass is 937 g/mol. The Morgan fingerprint density at radius 1 is 0.708 bits per heavy atom. The van der Waals surface area contributed by atoms with Crippen molar-refractivity contribution in [3.63, 3.8) is 0 Å². The molecule has 65 heavy (non-hydrogen) atoms. The highest BCUT2D eigenvalue weighted by molar-refractivity contribution is 7.90. The fourth-order valence-corrected chi connectivity index (χ4v) is 11.4. The number of ether oxygens (including phenoxy) is 4. The lowest BCUT2D eigenvalue weighted by Crippen LogP contribution is -2.51. The molecule has 4 saturated heterocycles.